The molecule has 0 fully saturated rings. The molecule has 1 rings (SSSR count). The molecular weight excluding hydrogens is 468 g/mol. The molecule has 0 heterocycles. The summed E-state index contributed by atoms with van der Waals surface area (Å²) in [6.07, 6.45) is 4.28. The summed E-state index contributed by atoms with van der Waals surface area (Å²) in [5.74, 6) is 1.40. The number of hydrogen-bond acceptors (Lipinski definition) is 4. The Hall–Kier alpha value is -1.03. The fraction of sp³-hybridized carbons (Fsp3) is 0.556. The summed E-state index contributed by atoms with van der Waals surface area (Å²) in [6.45, 7) is 1.65. The van der Waals surface area contributed by atoms with Gasteiger partial charge in [-0.15, -0.1) is 35.7 Å². The zero-order valence-corrected chi connectivity index (χ0v) is 18.6. The predicted molar refractivity (Wildman–Crippen MR) is 117 cm³/mol. The molecule has 0 spiro atoms. The van der Waals surface area contributed by atoms with E-state index in [-0.39, 0.29) is 35.8 Å². The van der Waals surface area contributed by atoms with Crippen molar-refractivity contribution in [3.05, 3.63) is 30.1 Å². The number of unbranched alkanes of at least 4 members (excludes halogenated alkanes) is 2. The van der Waals surface area contributed by atoms with Crippen LogP contribution in [-0.4, -0.2) is 44.9 Å². The Morgan fingerprint density at radius 3 is 2.38 bits per heavy atom. The van der Waals surface area contributed by atoms with Gasteiger partial charge in [-0.25, -0.2) is 4.39 Å². The number of guanidine groups is 1. The molecule has 0 aliphatic rings. The summed E-state index contributed by atoms with van der Waals surface area (Å²) in [6, 6.07) is 6.57. The maximum Gasteiger partial charge on any atom is 0.305 e. The summed E-state index contributed by atoms with van der Waals surface area (Å²) in [7, 11) is 3.16. The Kier molecular flexibility index (Phi) is 15.5. The molecule has 5 nitrogen and oxygen atoms in total. The number of aliphatic imine (C=N–C) groups is 1. The van der Waals surface area contributed by atoms with Gasteiger partial charge in [0.05, 0.1) is 7.11 Å². The first-order valence-corrected chi connectivity index (χ1v) is 9.54. The molecule has 0 aliphatic carbocycles. The molecule has 0 saturated heterocycles. The Labute approximate surface area is 177 Å². The van der Waals surface area contributed by atoms with Crippen LogP contribution in [0.15, 0.2) is 34.2 Å². The zero-order chi connectivity index (χ0) is 18.3. The molecule has 148 valence electrons. The number of rotatable bonds is 11. The third kappa shape index (κ3) is 12.3. The van der Waals surface area contributed by atoms with Crippen molar-refractivity contribution in [1.29, 1.82) is 0 Å². The highest BCUT2D eigenvalue weighted by Crippen LogP contribution is 2.18. The van der Waals surface area contributed by atoms with E-state index in [1.54, 1.807) is 30.9 Å². The first kappa shape index (κ1) is 25.0. The van der Waals surface area contributed by atoms with Gasteiger partial charge in [-0.3, -0.25) is 9.79 Å². The molecule has 0 aliphatic heterocycles. The van der Waals surface area contributed by atoms with Gasteiger partial charge in [-0.2, -0.15) is 0 Å². The van der Waals surface area contributed by atoms with Crippen LogP contribution in [0, 0.1) is 5.82 Å². The predicted octanol–water partition coefficient (Wildman–Crippen LogP) is 3.82. The van der Waals surface area contributed by atoms with Gasteiger partial charge in [0.25, 0.3) is 0 Å². The number of esters is 1. The van der Waals surface area contributed by atoms with Crippen molar-refractivity contribution in [3.8, 4) is 0 Å². The molecule has 0 saturated carbocycles. The van der Waals surface area contributed by atoms with Gasteiger partial charge < -0.3 is 15.4 Å². The van der Waals surface area contributed by atoms with E-state index in [1.807, 2.05) is 0 Å². The second-order valence-electron chi connectivity index (χ2n) is 5.47. The second kappa shape index (κ2) is 16.2. The summed E-state index contributed by atoms with van der Waals surface area (Å²) in [5.41, 5.74) is 0. The van der Waals surface area contributed by atoms with Crippen molar-refractivity contribution in [2.45, 2.75) is 37.0 Å². The van der Waals surface area contributed by atoms with Crippen LogP contribution in [0.4, 0.5) is 4.39 Å². The summed E-state index contributed by atoms with van der Waals surface area (Å²) in [4.78, 5) is 16.3. The minimum Gasteiger partial charge on any atom is -0.469 e. The summed E-state index contributed by atoms with van der Waals surface area (Å²) >= 11 is 1.71. The van der Waals surface area contributed by atoms with E-state index in [4.69, 9.17) is 0 Å². The number of benzene rings is 1. The molecule has 0 atom stereocenters. The third-order valence-corrected chi connectivity index (χ3v) is 4.60. The van der Waals surface area contributed by atoms with Crippen LogP contribution in [0.3, 0.4) is 0 Å². The standard InChI is InChI=1S/C18H28FN3O2S.HI/c1-20-18(21-12-5-3-4-7-17(23)24-2)22-13-6-14-25-16-10-8-15(19)9-11-16;/h8-11H,3-7,12-14H2,1-2H3,(H2,20,21,22);1H. The number of halogens is 2. The molecule has 0 radical (unpaired) electrons. The normalized spacial score (nSPS) is 10.8. The van der Waals surface area contributed by atoms with E-state index >= 15 is 0 Å². The number of carbonyl (C=O) groups is 1. The Bertz CT molecular complexity index is 530. The van der Waals surface area contributed by atoms with Gasteiger partial charge >= 0.3 is 5.97 Å². The van der Waals surface area contributed by atoms with Gasteiger partial charge in [0.15, 0.2) is 5.96 Å². The topological polar surface area (TPSA) is 62.7 Å². The lowest BCUT2D eigenvalue weighted by atomic mass is 10.2. The fourth-order valence-corrected chi connectivity index (χ4v) is 2.95. The first-order chi connectivity index (χ1) is 12.2. The molecule has 0 aromatic heterocycles. The molecule has 0 amide bonds. The van der Waals surface area contributed by atoms with Crippen molar-refractivity contribution < 1.29 is 13.9 Å². The number of nitrogens with zero attached hydrogens (tertiary/aromatic N) is 1. The van der Waals surface area contributed by atoms with Crippen molar-refractivity contribution in [2.24, 2.45) is 4.99 Å². The van der Waals surface area contributed by atoms with Gasteiger partial charge in [0.1, 0.15) is 5.82 Å². The van der Waals surface area contributed by atoms with Crippen LogP contribution in [0.5, 0.6) is 0 Å². The zero-order valence-electron chi connectivity index (χ0n) is 15.4. The molecule has 1 aromatic rings. The Morgan fingerprint density at radius 2 is 1.77 bits per heavy atom. The molecule has 0 bridgehead atoms. The number of hydrogen-bond donors (Lipinski definition) is 2. The van der Waals surface area contributed by atoms with Crippen molar-refractivity contribution in [3.63, 3.8) is 0 Å². The second-order valence-corrected chi connectivity index (χ2v) is 6.64. The van der Waals surface area contributed by atoms with E-state index in [0.29, 0.717) is 6.42 Å². The van der Waals surface area contributed by atoms with Crippen LogP contribution in [0.25, 0.3) is 0 Å². The van der Waals surface area contributed by atoms with Gasteiger partial charge in [0, 0.05) is 31.5 Å². The maximum absolute atomic E-state index is 12.8. The average molecular weight is 497 g/mol. The van der Waals surface area contributed by atoms with Crippen LogP contribution < -0.4 is 10.6 Å². The van der Waals surface area contributed by atoms with Crippen molar-refractivity contribution in [1.82, 2.24) is 10.6 Å². The van der Waals surface area contributed by atoms with Crippen molar-refractivity contribution >= 4 is 47.7 Å². The monoisotopic (exact) mass is 497 g/mol. The summed E-state index contributed by atoms with van der Waals surface area (Å²) in [5, 5.41) is 6.54. The van der Waals surface area contributed by atoms with Crippen LogP contribution in [0.2, 0.25) is 0 Å². The maximum atomic E-state index is 12.8. The van der Waals surface area contributed by atoms with Crippen LogP contribution in [-0.2, 0) is 9.53 Å². The lowest BCUT2D eigenvalue weighted by Crippen LogP contribution is -2.38. The molecule has 26 heavy (non-hydrogen) atoms. The molecule has 2 N–H and O–H groups in total. The SMILES string of the molecule is CN=C(NCCCCCC(=O)OC)NCCCSc1ccc(F)cc1.I. The molecule has 1 aromatic carbocycles. The Morgan fingerprint density at radius 1 is 1.12 bits per heavy atom. The highest BCUT2D eigenvalue weighted by Gasteiger charge is 2.00. The first-order valence-electron chi connectivity index (χ1n) is 8.55. The number of methoxy groups -OCH3 is 1. The van der Waals surface area contributed by atoms with E-state index < -0.39 is 0 Å². The number of nitrogens with one attached hydrogen (secondary N) is 2. The lowest BCUT2D eigenvalue weighted by molar-refractivity contribution is -0.140. The quantitative estimate of drug-likeness (QED) is 0.122. The summed E-state index contributed by atoms with van der Waals surface area (Å²) < 4.78 is 17.4. The minimum atomic E-state index is -0.203. The van der Waals surface area contributed by atoms with E-state index in [1.165, 1.54) is 19.2 Å². The average Bonchev–Trinajstić information content (AvgIpc) is 2.63. The van der Waals surface area contributed by atoms with Gasteiger partial charge in [-0.1, -0.05) is 6.42 Å². The number of carbonyl (C=O) groups excluding carboxylic acids is 1. The molecule has 0 unspecified atom stereocenters. The molecular formula is C18H29FIN3O2S. The fourth-order valence-electron chi connectivity index (χ4n) is 2.10. The van der Waals surface area contributed by atoms with Gasteiger partial charge in [0.2, 0.25) is 0 Å². The van der Waals surface area contributed by atoms with E-state index in [2.05, 4.69) is 20.4 Å². The highest BCUT2D eigenvalue weighted by atomic mass is 127. The van der Waals surface area contributed by atoms with Gasteiger partial charge in [-0.05, 0) is 49.3 Å². The largest absolute Gasteiger partial charge is 0.469 e. The smallest absolute Gasteiger partial charge is 0.305 e. The van der Waals surface area contributed by atoms with Crippen LogP contribution in [0.1, 0.15) is 32.1 Å². The van der Waals surface area contributed by atoms with E-state index in [0.717, 1.165) is 55.4 Å². The number of ether oxygens (including phenoxy) is 1. The lowest BCUT2D eigenvalue weighted by Gasteiger charge is -2.11. The third-order valence-electron chi connectivity index (χ3n) is 3.50. The van der Waals surface area contributed by atoms with Crippen molar-refractivity contribution in [2.75, 3.05) is 33.0 Å². The molecule has 8 heteroatoms. The van der Waals surface area contributed by atoms with Crippen LogP contribution >= 0.6 is 35.7 Å². The minimum absolute atomic E-state index is 0. The highest BCUT2D eigenvalue weighted by molar-refractivity contribution is 14.0. The Balaban J connectivity index is 0.00000625. The number of thioether (sulfide) groups is 1. The van der Waals surface area contributed by atoms with E-state index in [9.17, 15) is 9.18 Å².